The first kappa shape index (κ1) is 39.6. The molecule has 1 saturated heterocycles. The van der Waals surface area contributed by atoms with Crippen LogP contribution in [0.4, 0.5) is 32.3 Å². The summed E-state index contributed by atoms with van der Waals surface area (Å²) in [6, 6.07) is 7.48. The number of hydrogen-bond acceptors (Lipinski definition) is 12. The molecular formula is C37H49ClFN9O5. The Balaban J connectivity index is 1.26. The largest absolute Gasteiger partial charge is 0.465 e. The quantitative estimate of drug-likeness (QED) is 0.160. The summed E-state index contributed by atoms with van der Waals surface area (Å²) in [5.41, 5.74) is -0.511. The van der Waals surface area contributed by atoms with Crippen LogP contribution in [0.1, 0.15) is 67.2 Å². The number of aromatic nitrogens is 4. The van der Waals surface area contributed by atoms with E-state index >= 15 is 0 Å². The van der Waals surface area contributed by atoms with E-state index < -0.39 is 22.9 Å². The van der Waals surface area contributed by atoms with E-state index in [1.165, 1.54) is 24.5 Å². The predicted molar refractivity (Wildman–Crippen MR) is 201 cm³/mol. The lowest BCUT2D eigenvalue weighted by molar-refractivity contribution is -0.145. The van der Waals surface area contributed by atoms with Crippen LogP contribution < -0.4 is 20.9 Å². The number of rotatable bonds is 14. The summed E-state index contributed by atoms with van der Waals surface area (Å²) in [6.07, 6.45) is 3.72. The van der Waals surface area contributed by atoms with E-state index in [-0.39, 0.29) is 41.1 Å². The average molecular weight is 754 g/mol. The number of ether oxygens (including phenoxy) is 2. The van der Waals surface area contributed by atoms with E-state index in [2.05, 4.69) is 47.9 Å². The maximum atomic E-state index is 14.9. The van der Waals surface area contributed by atoms with Gasteiger partial charge in [0.15, 0.2) is 5.82 Å². The molecule has 14 nitrogen and oxygen atoms in total. The van der Waals surface area contributed by atoms with Crippen molar-refractivity contribution in [2.24, 2.45) is 11.3 Å². The Morgan fingerprint density at radius 2 is 1.89 bits per heavy atom. The Labute approximate surface area is 314 Å². The summed E-state index contributed by atoms with van der Waals surface area (Å²) in [4.78, 5) is 50.8. The van der Waals surface area contributed by atoms with Crippen LogP contribution in [-0.2, 0) is 19.1 Å². The molecule has 53 heavy (non-hydrogen) atoms. The van der Waals surface area contributed by atoms with E-state index in [1.807, 2.05) is 34.6 Å². The van der Waals surface area contributed by atoms with Gasteiger partial charge in [0.25, 0.3) is 0 Å². The lowest BCUT2D eigenvalue weighted by Gasteiger charge is -2.43. The van der Waals surface area contributed by atoms with Gasteiger partial charge in [-0.1, -0.05) is 18.5 Å². The SMILES string of the molecule is CCCN(C[C@H](C)NC(=O)OC(C)(C)C)C1CC(C(=O)Nc2cc(Nc3cc(-c4cc(Cl)ccc4F)nnc3N(C)C[C@]3(C)CCOC3=O)ncn2)C1. The smallest absolute Gasteiger partial charge is 0.407 e. The number of anilines is 4. The molecule has 1 aliphatic heterocycles. The molecule has 0 radical (unpaired) electrons. The third-order valence-corrected chi connectivity index (χ3v) is 9.51. The van der Waals surface area contributed by atoms with Crippen molar-refractivity contribution in [1.82, 2.24) is 30.4 Å². The van der Waals surface area contributed by atoms with Crippen molar-refractivity contribution in [3.8, 4) is 11.3 Å². The Hall–Kier alpha value is -4.63. The highest BCUT2D eigenvalue weighted by Crippen LogP contribution is 2.36. The van der Waals surface area contributed by atoms with Crippen LogP contribution in [0.25, 0.3) is 11.3 Å². The molecule has 286 valence electrons. The molecule has 3 N–H and O–H groups in total. The van der Waals surface area contributed by atoms with Gasteiger partial charge in [0.05, 0.1) is 23.4 Å². The standard InChI is InChI=1S/C37H49ClFN9O5/c1-8-12-48(19-22(2)42-35(51)53-36(3,4)5)25-14-23(15-25)33(49)44-31-18-30(40-21-41-31)43-29-17-28(26-16-24(38)9-10-27(26)39)45-46-32(29)47(7)20-37(6)11-13-52-34(37)50/h9-10,16-18,21-23,25H,8,11-15,19-20H2,1-7H3,(H,42,51)(H2,40,41,43,44,45,49)/t22-,23?,25?,37-/m0/s1. The Bertz CT molecular complexity index is 1800. The molecule has 5 rings (SSSR count). The number of carbonyl (C=O) groups is 3. The fraction of sp³-hybridized carbons (Fsp3) is 0.541. The van der Waals surface area contributed by atoms with Gasteiger partial charge in [0.1, 0.15) is 29.4 Å². The van der Waals surface area contributed by atoms with Crippen molar-refractivity contribution in [3.05, 3.63) is 47.5 Å². The van der Waals surface area contributed by atoms with Gasteiger partial charge in [0.2, 0.25) is 5.91 Å². The fourth-order valence-corrected chi connectivity index (χ4v) is 6.72. The van der Waals surface area contributed by atoms with Gasteiger partial charge in [-0.25, -0.2) is 19.2 Å². The first-order chi connectivity index (χ1) is 25.0. The number of nitrogens with one attached hydrogen (secondary N) is 3. The zero-order valence-corrected chi connectivity index (χ0v) is 32.1. The van der Waals surface area contributed by atoms with Crippen LogP contribution in [0, 0.1) is 17.2 Å². The van der Waals surface area contributed by atoms with E-state index in [9.17, 15) is 18.8 Å². The maximum absolute atomic E-state index is 14.9. The predicted octanol–water partition coefficient (Wildman–Crippen LogP) is 6.20. The van der Waals surface area contributed by atoms with E-state index in [0.717, 1.165) is 13.0 Å². The minimum atomic E-state index is -0.749. The number of alkyl carbamates (subject to hydrolysis) is 1. The second kappa shape index (κ2) is 16.6. The number of hydrogen-bond donors (Lipinski definition) is 3. The molecule has 3 aromatic rings. The molecule has 1 aliphatic carbocycles. The number of carbonyl (C=O) groups excluding carboxylic acids is 3. The van der Waals surface area contributed by atoms with Crippen LogP contribution >= 0.6 is 11.6 Å². The van der Waals surface area contributed by atoms with Crippen molar-refractivity contribution < 1.29 is 28.2 Å². The monoisotopic (exact) mass is 753 g/mol. The van der Waals surface area contributed by atoms with Gasteiger partial charge in [0, 0.05) is 54.8 Å². The summed E-state index contributed by atoms with van der Waals surface area (Å²) < 4.78 is 25.5. The molecule has 1 saturated carbocycles. The minimum absolute atomic E-state index is 0.130. The second-order valence-electron chi connectivity index (χ2n) is 15.2. The lowest BCUT2D eigenvalue weighted by atomic mass is 9.78. The number of nitrogens with zero attached hydrogens (tertiary/aromatic N) is 6. The minimum Gasteiger partial charge on any atom is -0.465 e. The molecule has 0 spiro atoms. The molecule has 3 heterocycles. The first-order valence-corrected chi connectivity index (χ1v) is 18.3. The van der Waals surface area contributed by atoms with E-state index in [4.69, 9.17) is 21.1 Å². The topological polar surface area (TPSA) is 164 Å². The summed E-state index contributed by atoms with van der Waals surface area (Å²) in [5.74, 6) is -0.140. The lowest BCUT2D eigenvalue weighted by Crippen LogP contribution is -2.53. The fourth-order valence-electron chi connectivity index (χ4n) is 6.55. The molecule has 2 aromatic heterocycles. The second-order valence-corrected chi connectivity index (χ2v) is 15.6. The third kappa shape index (κ3) is 10.3. The summed E-state index contributed by atoms with van der Waals surface area (Å²) in [5, 5.41) is 18.1. The van der Waals surface area contributed by atoms with Gasteiger partial charge >= 0.3 is 12.1 Å². The van der Waals surface area contributed by atoms with Crippen LogP contribution in [0.2, 0.25) is 5.02 Å². The van der Waals surface area contributed by atoms with Crippen LogP contribution in [0.5, 0.6) is 0 Å². The zero-order chi connectivity index (χ0) is 38.5. The molecule has 0 unspecified atom stereocenters. The average Bonchev–Trinajstić information content (AvgIpc) is 3.37. The van der Waals surface area contributed by atoms with Crippen molar-refractivity contribution in [1.29, 1.82) is 0 Å². The van der Waals surface area contributed by atoms with Crippen molar-refractivity contribution >= 4 is 52.7 Å². The highest BCUT2D eigenvalue weighted by molar-refractivity contribution is 6.30. The number of halogens is 2. The number of esters is 1. The van der Waals surface area contributed by atoms with Crippen LogP contribution in [0.3, 0.4) is 0 Å². The first-order valence-electron chi connectivity index (χ1n) is 17.9. The molecular weight excluding hydrogens is 705 g/mol. The summed E-state index contributed by atoms with van der Waals surface area (Å²) in [6.45, 7) is 13.5. The van der Waals surface area contributed by atoms with Gasteiger partial charge in [-0.3, -0.25) is 14.5 Å². The Morgan fingerprint density at radius 3 is 2.57 bits per heavy atom. The van der Waals surface area contributed by atoms with Gasteiger partial charge in [-0.05, 0) is 91.1 Å². The molecule has 2 fully saturated rings. The van der Waals surface area contributed by atoms with Crippen molar-refractivity contribution in [3.63, 3.8) is 0 Å². The number of cyclic esters (lactones) is 1. The zero-order valence-electron chi connectivity index (χ0n) is 31.3. The molecule has 2 aliphatic rings. The van der Waals surface area contributed by atoms with Gasteiger partial charge in [-0.15, -0.1) is 10.2 Å². The van der Waals surface area contributed by atoms with Gasteiger partial charge in [-0.2, -0.15) is 0 Å². The van der Waals surface area contributed by atoms with E-state index in [1.54, 1.807) is 24.1 Å². The van der Waals surface area contributed by atoms with Crippen molar-refractivity contribution in [2.75, 3.05) is 48.8 Å². The molecule has 2 atom stereocenters. The number of benzene rings is 1. The summed E-state index contributed by atoms with van der Waals surface area (Å²) in [7, 11) is 1.78. The highest BCUT2D eigenvalue weighted by Gasteiger charge is 2.42. The highest BCUT2D eigenvalue weighted by atomic mass is 35.5. The number of amides is 2. The molecule has 0 bridgehead atoms. The van der Waals surface area contributed by atoms with Gasteiger partial charge < -0.3 is 30.3 Å². The summed E-state index contributed by atoms with van der Waals surface area (Å²) >= 11 is 6.17. The van der Waals surface area contributed by atoms with E-state index in [0.29, 0.717) is 67.1 Å². The van der Waals surface area contributed by atoms with Crippen LogP contribution in [-0.4, -0.2) is 94.0 Å². The maximum Gasteiger partial charge on any atom is 0.407 e. The molecule has 1 aromatic carbocycles. The van der Waals surface area contributed by atoms with Crippen LogP contribution in [0.15, 0.2) is 36.7 Å². The normalized spacial score (nSPS) is 20.3. The molecule has 16 heteroatoms. The Morgan fingerprint density at radius 1 is 1.15 bits per heavy atom. The Kier molecular flexibility index (Phi) is 12.4. The third-order valence-electron chi connectivity index (χ3n) is 9.27. The van der Waals surface area contributed by atoms with Crippen molar-refractivity contribution in [2.45, 2.75) is 84.9 Å². The molecule has 2 amide bonds.